The Labute approximate surface area is 166 Å². The van der Waals surface area contributed by atoms with Crippen LogP contribution in [0.15, 0.2) is 42.7 Å². The van der Waals surface area contributed by atoms with E-state index in [1.807, 2.05) is 41.4 Å². The van der Waals surface area contributed by atoms with E-state index in [0.29, 0.717) is 11.6 Å². The molecular weight excluding hydrogens is 350 g/mol. The molecule has 0 saturated carbocycles. The van der Waals surface area contributed by atoms with Gasteiger partial charge in [0.1, 0.15) is 11.5 Å². The van der Waals surface area contributed by atoms with Crippen molar-refractivity contribution in [2.45, 2.75) is 31.7 Å². The van der Waals surface area contributed by atoms with Crippen LogP contribution in [-0.4, -0.2) is 64.0 Å². The fourth-order valence-corrected chi connectivity index (χ4v) is 4.13. The van der Waals surface area contributed by atoms with Gasteiger partial charge in [-0.2, -0.15) is 0 Å². The lowest BCUT2D eigenvalue weighted by molar-refractivity contribution is 0.0705. The molecule has 0 atom stereocenters. The summed E-state index contributed by atoms with van der Waals surface area (Å²) in [6.45, 7) is 3.64. The second-order valence-electron chi connectivity index (χ2n) is 7.97. The van der Waals surface area contributed by atoms with Crippen LogP contribution >= 0.6 is 0 Å². The summed E-state index contributed by atoms with van der Waals surface area (Å²) >= 11 is 0. The van der Waals surface area contributed by atoms with E-state index in [9.17, 15) is 4.79 Å². The van der Waals surface area contributed by atoms with Crippen molar-refractivity contribution >= 4 is 16.8 Å². The van der Waals surface area contributed by atoms with E-state index in [1.54, 1.807) is 0 Å². The fourth-order valence-electron chi connectivity index (χ4n) is 4.13. The number of hydrogen-bond donors (Lipinski definition) is 1. The molecule has 1 aliphatic heterocycles. The summed E-state index contributed by atoms with van der Waals surface area (Å²) < 4.78 is 2.29. The molecule has 1 fully saturated rings. The highest BCUT2D eigenvalue weighted by molar-refractivity contribution is 5.98. The number of aromatic nitrogens is 3. The quantitative estimate of drug-likeness (QED) is 0.715. The Kier molecular flexibility index (Phi) is 5.48. The number of H-pyrrole nitrogens is 1. The molecule has 1 aromatic carbocycles. The maximum Gasteiger partial charge on any atom is 0.270 e. The fraction of sp³-hybridized carbons (Fsp3) is 0.455. The minimum Gasteiger partial charge on any atom is -0.351 e. The molecule has 0 radical (unpaired) electrons. The molecule has 0 unspecified atom stereocenters. The Balaban J connectivity index is 1.37. The lowest BCUT2D eigenvalue weighted by Crippen LogP contribution is -2.38. The van der Waals surface area contributed by atoms with Crippen molar-refractivity contribution in [2.75, 3.05) is 33.7 Å². The van der Waals surface area contributed by atoms with E-state index in [1.165, 1.54) is 5.82 Å². The number of likely N-dealkylation sites (tertiary alicyclic amines) is 1. The van der Waals surface area contributed by atoms with Gasteiger partial charge in [0.2, 0.25) is 0 Å². The standard InChI is InChI=1S/C22H29N5O/c1-25(2)11-5-12-26-15-10-23-21(26)17-8-13-27(14-9-17)22(28)20-16-18-6-3-4-7-19(18)24-20/h3-4,6-7,10,15-17,24H,5,8-9,11-14H2,1-2H3. The number of nitrogens with zero attached hydrogens (tertiary/aromatic N) is 4. The summed E-state index contributed by atoms with van der Waals surface area (Å²) in [4.78, 5) is 25.0. The van der Waals surface area contributed by atoms with Gasteiger partial charge in [0.15, 0.2) is 0 Å². The molecule has 4 rings (SSSR count). The second-order valence-corrected chi connectivity index (χ2v) is 7.97. The van der Waals surface area contributed by atoms with Gasteiger partial charge in [0.05, 0.1) is 0 Å². The van der Waals surface area contributed by atoms with Gasteiger partial charge >= 0.3 is 0 Å². The first-order valence-electron chi connectivity index (χ1n) is 10.1. The van der Waals surface area contributed by atoms with Crippen molar-refractivity contribution < 1.29 is 4.79 Å². The summed E-state index contributed by atoms with van der Waals surface area (Å²) in [5.74, 6) is 1.71. The highest BCUT2D eigenvalue weighted by atomic mass is 16.2. The first-order chi connectivity index (χ1) is 13.6. The van der Waals surface area contributed by atoms with Crippen LogP contribution in [0.1, 0.15) is 41.5 Å². The summed E-state index contributed by atoms with van der Waals surface area (Å²) in [5, 5.41) is 1.08. The normalized spacial score (nSPS) is 15.6. The van der Waals surface area contributed by atoms with Crippen LogP contribution in [0, 0.1) is 0 Å². The Morgan fingerprint density at radius 3 is 2.79 bits per heavy atom. The van der Waals surface area contributed by atoms with Crippen molar-refractivity contribution in [3.05, 3.63) is 54.2 Å². The molecule has 6 nitrogen and oxygen atoms in total. The Morgan fingerprint density at radius 2 is 2.04 bits per heavy atom. The number of nitrogens with one attached hydrogen (secondary N) is 1. The third-order valence-corrected chi connectivity index (χ3v) is 5.66. The van der Waals surface area contributed by atoms with E-state index in [-0.39, 0.29) is 5.91 Å². The second kappa shape index (κ2) is 8.19. The zero-order chi connectivity index (χ0) is 19.5. The third-order valence-electron chi connectivity index (χ3n) is 5.66. The third kappa shape index (κ3) is 3.97. The highest BCUT2D eigenvalue weighted by Crippen LogP contribution is 2.28. The molecule has 1 aliphatic rings. The van der Waals surface area contributed by atoms with Crippen LogP contribution in [0.4, 0.5) is 0 Å². The van der Waals surface area contributed by atoms with Gasteiger partial charge in [-0.25, -0.2) is 4.98 Å². The van der Waals surface area contributed by atoms with E-state index in [4.69, 9.17) is 0 Å². The van der Waals surface area contributed by atoms with Gasteiger partial charge < -0.3 is 19.4 Å². The Hall–Kier alpha value is -2.60. The molecule has 3 aromatic rings. The number of benzene rings is 1. The molecule has 1 N–H and O–H groups in total. The van der Waals surface area contributed by atoms with E-state index >= 15 is 0 Å². The molecule has 1 amide bonds. The van der Waals surface area contributed by atoms with Crippen molar-refractivity contribution in [1.29, 1.82) is 0 Å². The number of aryl methyl sites for hydroxylation is 1. The smallest absolute Gasteiger partial charge is 0.270 e. The number of rotatable bonds is 6. The van der Waals surface area contributed by atoms with Gasteiger partial charge in [-0.05, 0) is 52.0 Å². The van der Waals surface area contributed by atoms with Gasteiger partial charge in [-0.3, -0.25) is 4.79 Å². The molecule has 28 heavy (non-hydrogen) atoms. The van der Waals surface area contributed by atoms with E-state index in [2.05, 4.69) is 39.7 Å². The predicted molar refractivity (Wildman–Crippen MR) is 112 cm³/mol. The van der Waals surface area contributed by atoms with Crippen LogP contribution < -0.4 is 0 Å². The summed E-state index contributed by atoms with van der Waals surface area (Å²) in [5.41, 5.74) is 1.70. The topological polar surface area (TPSA) is 57.2 Å². The van der Waals surface area contributed by atoms with Gasteiger partial charge in [-0.1, -0.05) is 18.2 Å². The van der Waals surface area contributed by atoms with Crippen molar-refractivity contribution in [3.8, 4) is 0 Å². The first kappa shape index (κ1) is 18.7. The number of carbonyl (C=O) groups is 1. The molecule has 2 aromatic heterocycles. The number of hydrogen-bond acceptors (Lipinski definition) is 3. The van der Waals surface area contributed by atoms with Crippen LogP contribution in [0.5, 0.6) is 0 Å². The van der Waals surface area contributed by atoms with Crippen molar-refractivity contribution in [3.63, 3.8) is 0 Å². The van der Waals surface area contributed by atoms with Crippen molar-refractivity contribution in [2.24, 2.45) is 0 Å². The van der Waals surface area contributed by atoms with Crippen molar-refractivity contribution in [1.82, 2.24) is 24.3 Å². The van der Waals surface area contributed by atoms with Crippen LogP contribution in [0.2, 0.25) is 0 Å². The number of amides is 1. The van der Waals surface area contributed by atoms with Crippen LogP contribution in [0.25, 0.3) is 10.9 Å². The minimum absolute atomic E-state index is 0.101. The number of para-hydroxylation sites is 1. The van der Waals surface area contributed by atoms with Gasteiger partial charge in [0, 0.05) is 48.8 Å². The van der Waals surface area contributed by atoms with Gasteiger partial charge in [-0.15, -0.1) is 0 Å². The van der Waals surface area contributed by atoms with E-state index in [0.717, 1.165) is 56.3 Å². The molecular formula is C22H29N5O. The maximum absolute atomic E-state index is 12.9. The Bertz CT molecular complexity index is 900. The number of carbonyl (C=O) groups excluding carboxylic acids is 1. The molecule has 0 aliphatic carbocycles. The highest BCUT2D eigenvalue weighted by Gasteiger charge is 2.27. The number of imidazole rings is 1. The average Bonchev–Trinajstić information content (AvgIpc) is 3.34. The largest absolute Gasteiger partial charge is 0.351 e. The molecule has 0 bridgehead atoms. The number of fused-ring (bicyclic) bond motifs is 1. The summed E-state index contributed by atoms with van der Waals surface area (Å²) in [6, 6.07) is 9.98. The maximum atomic E-state index is 12.9. The molecule has 148 valence electrons. The minimum atomic E-state index is 0.101. The van der Waals surface area contributed by atoms with E-state index < -0.39 is 0 Å². The molecule has 0 spiro atoms. The Morgan fingerprint density at radius 1 is 1.25 bits per heavy atom. The lowest BCUT2D eigenvalue weighted by Gasteiger charge is -2.31. The molecule has 3 heterocycles. The average molecular weight is 380 g/mol. The number of aromatic amines is 1. The number of piperidine rings is 1. The lowest BCUT2D eigenvalue weighted by atomic mass is 9.95. The van der Waals surface area contributed by atoms with Gasteiger partial charge in [0.25, 0.3) is 5.91 Å². The SMILES string of the molecule is CN(C)CCCn1ccnc1C1CCN(C(=O)c2cc3ccccc3[nH]2)CC1. The predicted octanol–water partition coefficient (Wildman–Crippen LogP) is 3.34. The molecule has 6 heteroatoms. The monoisotopic (exact) mass is 379 g/mol. The first-order valence-corrected chi connectivity index (χ1v) is 10.1. The summed E-state index contributed by atoms with van der Waals surface area (Å²) in [6.07, 6.45) is 7.06. The van der Waals surface area contributed by atoms with Crippen LogP contribution in [0.3, 0.4) is 0 Å². The summed E-state index contributed by atoms with van der Waals surface area (Å²) in [7, 11) is 4.21. The molecule has 1 saturated heterocycles. The zero-order valence-electron chi connectivity index (χ0n) is 16.8. The van der Waals surface area contributed by atoms with Crippen LogP contribution in [-0.2, 0) is 6.54 Å². The zero-order valence-corrected chi connectivity index (χ0v) is 16.8.